The average molecular weight is 398 g/mol. The minimum atomic E-state index is -0.0793. The predicted molar refractivity (Wildman–Crippen MR) is 123 cm³/mol. The molecular weight excluding hydrogens is 370 g/mol. The first-order chi connectivity index (χ1) is 14.7. The van der Waals surface area contributed by atoms with Crippen LogP contribution >= 0.6 is 0 Å². The zero-order chi connectivity index (χ0) is 20.9. The second-order valence-corrected chi connectivity index (χ2v) is 7.65. The number of nitrogens with one attached hydrogen (secondary N) is 1. The number of para-hydroxylation sites is 3. The van der Waals surface area contributed by atoms with E-state index in [-0.39, 0.29) is 5.91 Å². The van der Waals surface area contributed by atoms with Crippen LogP contribution in [0.5, 0.6) is 0 Å². The van der Waals surface area contributed by atoms with Gasteiger partial charge in [0.05, 0.1) is 11.0 Å². The molecule has 30 heavy (non-hydrogen) atoms. The number of hydrogen-bond donors (Lipinski definition) is 1. The Morgan fingerprint density at radius 2 is 1.77 bits per heavy atom. The molecule has 0 bridgehead atoms. The van der Waals surface area contributed by atoms with Crippen LogP contribution in [0.25, 0.3) is 11.0 Å². The Morgan fingerprint density at radius 3 is 2.60 bits per heavy atom. The molecule has 4 aromatic rings. The van der Waals surface area contributed by atoms with Gasteiger partial charge in [0.25, 0.3) is 5.91 Å². The summed E-state index contributed by atoms with van der Waals surface area (Å²) in [7, 11) is 0. The third-order valence-electron chi connectivity index (χ3n) is 5.34. The molecule has 0 aliphatic heterocycles. The molecule has 1 N–H and O–H groups in total. The summed E-state index contributed by atoms with van der Waals surface area (Å²) in [6, 6.07) is 24.0. The molecule has 0 atom stereocenters. The van der Waals surface area contributed by atoms with Crippen LogP contribution < -0.4 is 5.32 Å². The number of benzene rings is 3. The van der Waals surface area contributed by atoms with Crippen LogP contribution in [0.2, 0.25) is 0 Å². The van der Waals surface area contributed by atoms with E-state index >= 15 is 0 Å². The van der Waals surface area contributed by atoms with Crippen LogP contribution in [0.1, 0.15) is 40.7 Å². The van der Waals surface area contributed by atoms with E-state index in [1.54, 1.807) is 0 Å². The quantitative estimate of drug-likeness (QED) is 0.429. The number of nitrogens with zero attached hydrogens (tertiary/aromatic N) is 2. The molecule has 0 aliphatic rings. The Hall–Kier alpha value is -3.40. The fourth-order valence-corrected chi connectivity index (χ4v) is 3.88. The number of carbonyl (C=O) groups is 1. The maximum Gasteiger partial charge on any atom is 0.255 e. The van der Waals surface area contributed by atoms with Gasteiger partial charge in [-0.3, -0.25) is 4.79 Å². The normalized spacial score (nSPS) is 11.0. The zero-order valence-corrected chi connectivity index (χ0v) is 17.6. The highest BCUT2D eigenvalue weighted by atomic mass is 16.1. The molecule has 3 aromatic carbocycles. The molecule has 1 aromatic heterocycles. The SMILES string of the molecule is CCCn1c(CCc2ccccc2NC(=O)c2cccc(C)c2)nc2ccccc21. The van der Waals surface area contributed by atoms with Gasteiger partial charge in [-0.25, -0.2) is 4.98 Å². The summed E-state index contributed by atoms with van der Waals surface area (Å²) in [6.45, 7) is 5.14. The molecule has 1 heterocycles. The van der Waals surface area contributed by atoms with Gasteiger partial charge >= 0.3 is 0 Å². The Morgan fingerprint density at radius 1 is 0.967 bits per heavy atom. The van der Waals surface area contributed by atoms with E-state index in [0.29, 0.717) is 5.56 Å². The van der Waals surface area contributed by atoms with Crippen molar-refractivity contribution in [2.45, 2.75) is 39.7 Å². The molecule has 152 valence electrons. The van der Waals surface area contributed by atoms with Crippen molar-refractivity contribution < 1.29 is 4.79 Å². The molecule has 0 fully saturated rings. The molecule has 4 nitrogen and oxygen atoms in total. The largest absolute Gasteiger partial charge is 0.328 e. The number of anilines is 1. The second-order valence-electron chi connectivity index (χ2n) is 7.65. The lowest BCUT2D eigenvalue weighted by Gasteiger charge is -2.12. The van der Waals surface area contributed by atoms with Crippen molar-refractivity contribution in [2.24, 2.45) is 0 Å². The lowest BCUT2D eigenvalue weighted by atomic mass is 10.1. The number of aromatic nitrogens is 2. The Bertz CT molecular complexity index is 1180. The standard InChI is InChI=1S/C26H27N3O/c1-3-17-29-24-14-7-6-13-23(24)27-25(29)16-15-20-10-4-5-12-22(20)28-26(30)21-11-8-9-19(2)18-21/h4-14,18H,3,15-17H2,1-2H3,(H,28,30). The minimum absolute atomic E-state index is 0.0793. The summed E-state index contributed by atoms with van der Waals surface area (Å²) < 4.78 is 2.32. The van der Waals surface area contributed by atoms with Crippen molar-refractivity contribution in [3.8, 4) is 0 Å². The maximum atomic E-state index is 12.7. The van der Waals surface area contributed by atoms with Gasteiger partial charge in [0, 0.05) is 24.2 Å². The van der Waals surface area contributed by atoms with Gasteiger partial charge in [0.1, 0.15) is 5.82 Å². The van der Waals surface area contributed by atoms with Crippen LogP contribution in [-0.4, -0.2) is 15.5 Å². The van der Waals surface area contributed by atoms with E-state index in [1.165, 1.54) is 5.52 Å². The first-order valence-corrected chi connectivity index (χ1v) is 10.6. The number of aryl methyl sites for hydroxylation is 4. The van der Waals surface area contributed by atoms with Crippen molar-refractivity contribution in [3.05, 3.63) is 95.3 Å². The van der Waals surface area contributed by atoms with Crippen molar-refractivity contribution >= 4 is 22.6 Å². The lowest BCUT2D eigenvalue weighted by Crippen LogP contribution is -2.14. The van der Waals surface area contributed by atoms with Crippen molar-refractivity contribution in [1.29, 1.82) is 0 Å². The molecule has 0 unspecified atom stereocenters. The maximum absolute atomic E-state index is 12.7. The van der Waals surface area contributed by atoms with Crippen molar-refractivity contribution in [3.63, 3.8) is 0 Å². The third-order valence-corrected chi connectivity index (χ3v) is 5.34. The van der Waals surface area contributed by atoms with Crippen molar-refractivity contribution in [2.75, 3.05) is 5.32 Å². The van der Waals surface area contributed by atoms with Gasteiger partial charge in [-0.05, 0) is 55.7 Å². The number of rotatable bonds is 7. The molecule has 0 aliphatic carbocycles. The Labute approximate surface area is 177 Å². The fraction of sp³-hybridized carbons (Fsp3) is 0.231. The van der Waals surface area contributed by atoms with Crippen LogP contribution in [0.3, 0.4) is 0 Å². The summed E-state index contributed by atoms with van der Waals surface area (Å²) in [5.74, 6) is 1.02. The Balaban J connectivity index is 1.55. The molecule has 4 heteroatoms. The van der Waals surface area contributed by atoms with E-state index in [2.05, 4.69) is 41.1 Å². The van der Waals surface area contributed by atoms with E-state index in [1.807, 2.05) is 55.5 Å². The lowest BCUT2D eigenvalue weighted by molar-refractivity contribution is 0.102. The number of amides is 1. The van der Waals surface area contributed by atoms with Gasteiger partial charge < -0.3 is 9.88 Å². The topological polar surface area (TPSA) is 46.9 Å². The highest BCUT2D eigenvalue weighted by Crippen LogP contribution is 2.21. The van der Waals surface area contributed by atoms with E-state index < -0.39 is 0 Å². The van der Waals surface area contributed by atoms with Gasteiger partial charge in [0.2, 0.25) is 0 Å². The van der Waals surface area contributed by atoms with Gasteiger partial charge in [-0.15, -0.1) is 0 Å². The Kier molecular flexibility index (Phi) is 5.94. The molecule has 0 saturated heterocycles. The van der Waals surface area contributed by atoms with Gasteiger partial charge in [-0.2, -0.15) is 0 Å². The predicted octanol–water partition coefficient (Wildman–Crippen LogP) is 5.79. The van der Waals surface area contributed by atoms with E-state index in [0.717, 1.165) is 54.0 Å². The summed E-state index contributed by atoms with van der Waals surface area (Å²) >= 11 is 0. The zero-order valence-electron chi connectivity index (χ0n) is 17.6. The number of hydrogen-bond acceptors (Lipinski definition) is 2. The summed E-state index contributed by atoms with van der Waals surface area (Å²) in [5, 5.41) is 3.09. The molecule has 1 amide bonds. The molecule has 0 radical (unpaired) electrons. The second kappa shape index (κ2) is 8.95. The summed E-state index contributed by atoms with van der Waals surface area (Å²) in [5.41, 5.74) is 5.97. The van der Waals surface area contributed by atoms with Gasteiger partial charge in [0.15, 0.2) is 0 Å². The summed E-state index contributed by atoms with van der Waals surface area (Å²) in [6.07, 6.45) is 2.71. The first-order valence-electron chi connectivity index (χ1n) is 10.6. The molecule has 0 spiro atoms. The van der Waals surface area contributed by atoms with E-state index in [4.69, 9.17) is 4.98 Å². The molecule has 4 rings (SSSR count). The fourth-order valence-electron chi connectivity index (χ4n) is 3.88. The van der Waals surface area contributed by atoms with Crippen LogP contribution in [-0.2, 0) is 19.4 Å². The van der Waals surface area contributed by atoms with Gasteiger partial charge in [-0.1, -0.05) is 55.0 Å². The first kappa shape index (κ1) is 19.9. The third kappa shape index (κ3) is 4.28. The van der Waals surface area contributed by atoms with E-state index in [9.17, 15) is 4.79 Å². The monoisotopic (exact) mass is 397 g/mol. The average Bonchev–Trinajstić information content (AvgIpc) is 3.11. The smallest absolute Gasteiger partial charge is 0.255 e. The van der Waals surface area contributed by atoms with Crippen LogP contribution in [0.4, 0.5) is 5.69 Å². The number of imidazole rings is 1. The molecular formula is C26H27N3O. The highest BCUT2D eigenvalue weighted by Gasteiger charge is 2.13. The minimum Gasteiger partial charge on any atom is -0.328 e. The summed E-state index contributed by atoms with van der Waals surface area (Å²) in [4.78, 5) is 17.6. The highest BCUT2D eigenvalue weighted by molar-refractivity contribution is 6.04. The molecule has 0 saturated carbocycles. The number of fused-ring (bicyclic) bond motifs is 1. The number of carbonyl (C=O) groups excluding carboxylic acids is 1. The van der Waals surface area contributed by atoms with Crippen LogP contribution in [0, 0.1) is 6.92 Å². The van der Waals surface area contributed by atoms with Crippen LogP contribution in [0.15, 0.2) is 72.8 Å². The van der Waals surface area contributed by atoms with Crippen molar-refractivity contribution in [1.82, 2.24) is 9.55 Å².